The van der Waals surface area contributed by atoms with Crippen LogP contribution in [0.5, 0.6) is 0 Å². The van der Waals surface area contributed by atoms with Crippen molar-refractivity contribution in [2.75, 3.05) is 19.8 Å². The van der Waals surface area contributed by atoms with Crippen molar-refractivity contribution in [3.05, 3.63) is 0 Å². The number of aliphatic hydroxyl groups is 1. The summed E-state index contributed by atoms with van der Waals surface area (Å²) in [6, 6.07) is 0. The van der Waals surface area contributed by atoms with Crippen LogP contribution in [0.15, 0.2) is 0 Å². The van der Waals surface area contributed by atoms with Gasteiger partial charge in [0.2, 0.25) is 0 Å². The third kappa shape index (κ3) is 5.31. The van der Waals surface area contributed by atoms with Crippen molar-refractivity contribution in [1.82, 2.24) is 5.32 Å². The Morgan fingerprint density at radius 3 is 2.33 bits per heavy atom. The van der Waals surface area contributed by atoms with Crippen LogP contribution in [-0.4, -0.2) is 37.2 Å². The van der Waals surface area contributed by atoms with Crippen LogP contribution in [-0.2, 0) is 0 Å². The second-order valence-electron chi connectivity index (χ2n) is 2.30. The van der Waals surface area contributed by atoms with Gasteiger partial charge in [0, 0.05) is 6.54 Å². The van der Waals surface area contributed by atoms with Gasteiger partial charge in [-0.3, -0.25) is 4.39 Å². The number of rotatable bonds is 5. The van der Waals surface area contributed by atoms with Gasteiger partial charge in [0.1, 0.15) is 0 Å². The molecule has 0 aromatic rings. The predicted octanol–water partition coefficient (Wildman–Crippen LogP) is 0.859. The summed E-state index contributed by atoms with van der Waals surface area (Å²) in [6.45, 7) is -1.01. The van der Waals surface area contributed by atoms with Crippen LogP contribution in [0.2, 0.25) is 0 Å². The summed E-state index contributed by atoms with van der Waals surface area (Å²) in [5.41, 5.74) is 0. The highest BCUT2D eigenvalue weighted by atomic mass is 19.4. The zero-order chi connectivity index (χ0) is 9.61. The smallest absolute Gasteiger partial charge is 0.382 e. The van der Waals surface area contributed by atoms with Gasteiger partial charge in [0.25, 0.3) is 0 Å². The summed E-state index contributed by atoms with van der Waals surface area (Å²) >= 11 is 0. The fourth-order valence-electron chi connectivity index (χ4n) is 0.546. The van der Waals surface area contributed by atoms with Crippen LogP contribution in [0.1, 0.15) is 6.42 Å². The summed E-state index contributed by atoms with van der Waals surface area (Å²) in [5, 5.41) is 10.7. The number of nitrogens with one attached hydrogen (secondary N) is 1. The SMILES string of the molecule is OC(CNCCCF)C(F)(F)F. The van der Waals surface area contributed by atoms with Gasteiger partial charge in [-0.15, -0.1) is 0 Å². The minimum atomic E-state index is -4.59. The summed E-state index contributed by atoms with van der Waals surface area (Å²) in [5.74, 6) is 0. The highest BCUT2D eigenvalue weighted by Crippen LogP contribution is 2.18. The van der Waals surface area contributed by atoms with Gasteiger partial charge in [0.05, 0.1) is 6.67 Å². The van der Waals surface area contributed by atoms with E-state index in [4.69, 9.17) is 5.11 Å². The van der Waals surface area contributed by atoms with Gasteiger partial charge in [-0.25, -0.2) is 0 Å². The van der Waals surface area contributed by atoms with Crippen LogP contribution in [0.4, 0.5) is 17.6 Å². The van der Waals surface area contributed by atoms with Crippen molar-refractivity contribution < 1.29 is 22.7 Å². The molecule has 12 heavy (non-hydrogen) atoms. The largest absolute Gasteiger partial charge is 0.415 e. The molecular formula is C6H11F4NO. The van der Waals surface area contributed by atoms with Crippen molar-refractivity contribution in [3.63, 3.8) is 0 Å². The van der Waals surface area contributed by atoms with Gasteiger partial charge in [-0.05, 0) is 13.0 Å². The van der Waals surface area contributed by atoms with Gasteiger partial charge in [-0.1, -0.05) is 0 Å². The quantitative estimate of drug-likeness (QED) is 0.496. The van der Waals surface area contributed by atoms with E-state index in [1.165, 1.54) is 0 Å². The van der Waals surface area contributed by atoms with Crippen LogP contribution < -0.4 is 5.32 Å². The summed E-state index contributed by atoms with van der Waals surface area (Å²) < 4.78 is 46.2. The molecular weight excluding hydrogens is 178 g/mol. The fraction of sp³-hybridized carbons (Fsp3) is 1.00. The molecule has 0 aromatic carbocycles. The minimum absolute atomic E-state index is 0.143. The minimum Gasteiger partial charge on any atom is -0.382 e. The van der Waals surface area contributed by atoms with E-state index in [2.05, 4.69) is 5.32 Å². The second kappa shape index (κ2) is 5.31. The van der Waals surface area contributed by atoms with Crippen LogP contribution >= 0.6 is 0 Å². The maximum atomic E-state index is 11.6. The molecule has 0 bridgehead atoms. The lowest BCUT2D eigenvalue weighted by Gasteiger charge is -2.14. The first-order valence-corrected chi connectivity index (χ1v) is 3.50. The molecule has 0 aromatic heterocycles. The van der Waals surface area contributed by atoms with E-state index < -0.39 is 25.5 Å². The molecule has 0 spiro atoms. The van der Waals surface area contributed by atoms with Gasteiger partial charge in [0.15, 0.2) is 6.10 Å². The van der Waals surface area contributed by atoms with Crippen molar-refractivity contribution in [2.45, 2.75) is 18.7 Å². The van der Waals surface area contributed by atoms with Gasteiger partial charge >= 0.3 is 6.18 Å². The fourth-order valence-corrected chi connectivity index (χ4v) is 0.546. The Kier molecular flexibility index (Phi) is 5.16. The molecule has 0 rings (SSSR count). The Labute approximate surface area is 67.6 Å². The molecule has 0 fully saturated rings. The van der Waals surface area contributed by atoms with Crippen molar-refractivity contribution in [1.29, 1.82) is 0 Å². The first-order chi connectivity index (χ1) is 5.48. The van der Waals surface area contributed by atoms with Crippen molar-refractivity contribution in [2.24, 2.45) is 0 Å². The van der Waals surface area contributed by atoms with E-state index in [9.17, 15) is 17.6 Å². The average Bonchev–Trinajstić information content (AvgIpc) is 1.96. The van der Waals surface area contributed by atoms with Crippen LogP contribution in [0.3, 0.4) is 0 Å². The first-order valence-electron chi connectivity index (χ1n) is 3.50. The van der Waals surface area contributed by atoms with Crippen LogP contribution in [0.25, 0.3) is 0 Å². The Morgan fingerprint density at radius 2 is 1.92 bits per heavy atom. The molecule has 0 radical (unpaired) electrons. The molecule has 1 atom stereocenters. The van der Waals surface area contributed by atoms with Crippen molar-refractivity contribution in [3.8, 4) is 0 Å². The molecule has 1 unspecified atom stereocenters. The lowest BCUT2D eigenvalue weighted by molar-refractivity contribution is -0.201. The predicted molar refractivity (Wildman–Crippen MR) is 35.5 cm³/mol. The second-order valence-corrected chi connectivity index (χ2v) is 2.30. The van der Waals surface area contributed by atoms with E-state index in [0.717, 1.165) is 0 Å². The summed E-state index contributed by atoms with van der Waals surface area (Å²) in [6.07, 6.45) is -6.80. The Hall–Kier alpha value is -0.360. The molecule has 0 aliphatic rings. The first kappa shape index (κ1) is 11.6. The van der Waals surface area contributed by atoms with E-state index in [-0.39, 0.29) is 13.0 Å². The standard InChI is InChI=1S/C6H11F4NO/c7-2-1-3-11-4-5(12)6(8,9)10/h5,11-12H,1-4H2. The maximum absolute atomic E-state index is 11.6. The number of aliphatic hydroxyl groups excluding tert-OH is 1. The molecule has 74 valence electrons. The van der Waals surface area contributed by atoms with Gasteiger partial charge < -0.3 is 10.4 Å². The Morgan fingerprint density at radius 1 is 1.33 bits per heavy atom. The maximum Gasteiger partial charge on any atom is 0.415 e. The molecule has 2 nitrogen and oxygen atoms in total. The molecule has 0 aliphatic carbocycles. The highest BCUT2D eigenvalue weighted by molar-refractivity contribution is 4.67. The zero-order valence-corrected chi connectivity index (χ0v) is 6.36. The normalized spacial score (nSPS) is 14.8. The number of hydrogen-bond donors (Lipinski definition) is 2. The van der Waals surface area contributed by atoms with E-state index in [1.54, 1.807) is 0 Å². The molecule has 6 heteroatoms. The number of hydrogen-bond acceptors (Lipinski definition) is 2. The molecule has 0 saturated carbocycles. The average molecular weight is 189 g/mol. The Bertz CT molecular complexity index is 117. The highest BCUT2D eigenvalue weighted by Gasteiger charge is 2.37. The number of alkyl halides is 4. The van der Waals surface area contributed by atoms with E-state index in [0.29, 0.717) is 0 Å². The van der Waals surface area contributed by atoms with E-state index >= 15 is 0 Å². The number of halogens is 4. The third-order valence-corrected chi connectivity index (χ3v) is 1.20. The lowest BCUT2D eigenvalue weighted by atomic mass is 10.3. The van der Waals surface area contributed by atoms with Crippen LogP contribution in [0, 0.1) is 0 Å². The topological polar surface area (TPSA) is 32.3 Å². The monoisotopic (exact) mass is 189 g/mol. The van der Waals surface area contributed by atoms with Crippen molar-refractivity contribution >= 4 is 0 Å². The summed E-state index contributed by atoms with van der Waals surface area (Å²) in [4.78, 5) is 0. The molecule has 0 amide bonds. The third-order valence-electron chi connectivity index (χ3n) is 1.20. The molecule has 0 saturated heterocycles. The summed E-state index contributed by atoms with van der Waals surface area (Å²) in [7, 11) is 0. The Balaban J connectivity index is 3.38. The lowest BCUT2D eigenvalue weighted by Crippen LogP contribution is -2.38. The molecule has 0 aliphatic heterocycles. The van der Waals surface area contributed by atoms with Gasteiger partial charge in [-0.2, -0.15) is 13.2 Å². The molecule has 2 N–H and O–H groups in total. The van der Waals surface area contributed by atoms with E-state index in [1.807, 2.05) is 0 Å². The molecule has 0 heterocycles. The zero-order valence-electron chi connectivity index (χ0n) is 6.36.